The molecule has 24 heavy (non-hydrogen) atoms. The van der Waals surface area contributed by atoms with Gasteiger partial charge in [-0.05, 0) is 49.1 Å². The first-order valence-electron chi connectivity index (χ1n) is 8.27. The van der Waals surface area contributed by atoms with Crippen LogP contribution < -0.4 is 5.32 Å². The zero-order valence-electron chi connectivity index (χ0n) is 14.2. The van der Waals surface area contributed by atoms with E-state index >= 15 is 0 Å². The number of amides is 1. The quantitative estimate of drug-likeness (QED) is 0.709. The van der Waals surface area contributed by atoms with Gasteiger partial charge in [-0.1, -0.05) is 37.3 Å². The van der Waals surface area contributed by atoms with E-state index < -0.39 is 0 Å². The smallest absolute Gasteiger partial charge is 0.251 e. The minimum atomic E-state index is -0.335. The van der Waals surface area contributed by atoms with Crippen LogP contribution in [-0.2, 0) is 5.75 Å². The lowest BCUT2D eigenvalue weighted by molar-refractivity contribution is 0.0939. The zero-order chi connectivity index (χ0) is 17.4. The van der Waals surface area contributed by atoms with Gasteiger partial charge >= 0.3 is 0 Å². The number of thioether (sulfide) groups is 1. The summed E-state index contributed by atoms with van der Waals surface area (Å²) < 4.78 is 0. The van der Waals surface area contributed by atoms with Gasteiger partial charge in [0.15, 0.2) is 0 Å². The fraction of sp³-hybridized carbons (Fsp3) is 0.350. The van der Waals surface area contributed by atoms with Crippen LogP contribution in [0.5, 0.6) is 0 Å². The molecule has 1 amide bonds. The van der Waals surface area contributed by atoms with E-state index in [1.807, 2.05) is 49.4 Å². The lowest BCUT2D eigenvalue weighted by Crippen LogP contribution is -2.29. The van der Waals surface area contributed by atoms with E-state index in [1.54, 1.807) is 18.7 Å². The van der Waals surface area contributed by atoms with E-state index in [1.165, 1.54) is 5.56 Å². The maximum Gasteiger partial charge on any atom is 0.251 e. The maximum absolute atomic E-state index is 12.1. The topological polar surface area (TPSA) is 49.3 Å². The first kappa shape index (κ1) is 18.6. The van der Waals surface area contributed by atoms with Gasteiger partial charge in [-0.2, -0.15) is 0 Å². The van der Waals surface area contributed by atoms with Crippen molar-refractivity contribution in [3.8, 4) is 0 Å². The first-order chi connectivity index (χ1) is 11.5. The number of rotatable bonds is 8. The molecular weight excluding hydrogens is 318 g/mol. The Balaban J connectivity index is 1.81. The van der Waals surface area contributed by atoms with E-state index in [-0.39, 0.29) is 17.9 Å². The van der Waals surface area contributed by atoms with Crippen molar-refractivity contribution in [2.24, 2.45) is 5.92 Å². The minimum Gasteiger partial charge on any atom is -0.393 e. The lowest BCUT2D eigenvalue weighted by Gasteiger charge is -2.14. The highest BCUT2D eigenvalue weighted by Crippen LogP contribution is 2.23. The number of nitrogens with one attached hydrogen (secondary N) is 1. The van der Waals surface area contributed by atoms with Crippen LogP contribution in [0.15, 0.2) is 59.5 Å². The fourth-order valence-corrected chi connectivity index (χ4v) is 3.33. The Hall–Kier alpha value is -1.78. The number of hydrogen-bond donors (Lipinski definition) is 2. The Morgan fingerprint density at radius 1 is 1.08 bits per heavy atom. The van der Waals surface area contributed by atoms with Crippen molar-refractivity contribution in [2.45, 2.75) is 37.0 Å². The number of hydrogen-bond acceptors (Lipinski definition) is 3. The summed E-state index contributed by atoms with van der Waals surface area (Å²) in [5.74, 6) is 1.12. The molecule has 2 N–H and O–H groups in total. The van der Waals surface area contributed by atoms with Crippen molar-refractivity contribution < 1.29 is 9.90 Å². The molecule has 0 aromatic heterocycles. The molecule has 128 valence electrons. The summed E-state index contributed by atoms with van der Waals surface area (Å²) in [5, 5.41) is 12.3. The zero-order valence-corrected chi connectivity index (χ0v) is 15.1. The number of aliphatic hydroxyl groups is 1. The summed E-state index contributed by atoms with van der Waals surface area (Å²) in [5.41, 5.74) is 1.96. The monoisotopic (exact) mass is 343 g/mol. The van der Waals surface area contributed by atoms with Gasteiger partial charge in [-0.25, -0.2) is 0 Å². The fourth-order valence-electron chi connectivity index (χ4n) is 2.48. The Kier molecular flexibility index (Phi) is 7.35. The molecule has 2 unspecified atom stereocenters. The number of carbonyl (C=O) groups excluding carboxylic acids is 1. The molecule has 0 saturated heterocycles. The third-order valence-corrected chi connectivity index (χ3v) is 4.80. The van der Waals surface area contributed by atoms with Crippen molar-refractivity contribution in [1.82, 2.24) is 5.32 Å². The van der Waals surface area contributed by atoms with Gasteiger partial charge in [-0.3, -0.25) is 4.79 Å². The third kappa shape index (κ3) is 6.38. The molecule has 3 nitrogen and oxygen atoms in total. The standard InChI is InChI=1S/C20H25NO2S/c1-15(12-16(2)22)13-21-20(23)18-8-10-19(11-9-18)24-14-17-6-4-3-5-7-17/h3-11,15-16,22H,12-14H2,1-2H3,(H,21,23). The second-order valence-electron chi connectivity index (χ2n) is 6.20. The SMILES string of the molecule is CC(O)CC(C)CNC(=O)c1ccc(SCc2ccccc2)cc1. The van der Waals surface area contributed by atoms with Crippen LogP contribution in [0.25, 0.3) is 0 Å². The Morgan fingerprint density at radius 2 is 1.75 bits per heavy atom. The van der Waals surface area contributed by atoms with Crippen LogP contribution in [0.3, 0.4) is 0 Å². The summed E-state index contributed by atoms with van der Waals surface area (Å²) >= 11 is 1.76. The van der Waals surface area contributed by atoms with Gasteiger partial charge in [0.2, 0.25) is 0 Å². The molecule has 2 aromatic carbocycles. The van der Waals surface area contributed by atoms with E-state index in [2.05, 4.69) is 17.4 Å². The summed E-state index contributed by atoms with van der Waals surface area (Å²) in [7, 11) is 0. The summed E-state index contributed by atoms with van der Waals surface area (Å²) in [6, 6.07) is 18.0. The van der Waals surface area contributed by atoms with Crippen LogP contribution in [-0.4, -0.2) is 23.7 Å². The largest absolute Gasteiger partial charge is 0.393 e. The predicted molar refractivity (Wildman–Crippen MR) is 100 cm³/mol. The number of benzene rings is 2. The molecule has 0 radical (unpaired) electrons. The Labute approximate surface area is 148 Å². The molecule has 0 fully saturated rings. The Morgan fingerprint density at radius 3 is 2.38 bits per heavy atom. The van der Waals surface area contributed by atoms with Crippen molar-refractivity contribution in [2.75, 3.05) is 6.54 Å². The van der Waals surface area contributed by atoms with Gasteiger partial charge < -0.3 is 10.4 Å². The van der Waals surface area contributed by atoms with E-state index in [0.717, 1.165) is 10.6 Å². The number of aliphatic hydroxyl groups excluding tert-OH is 1. The highest BCUT2D eigenvalue weighted by Gasteiger charge is 2.10. The van der Waals surface area contributed by atoms with Gasteiger partial charge in [0.05, 0.1) is 6.10 Å². The molecule has 0 aliphatic heterocycles. The van der Waals surface area contributed by atoms with Crippen molar-refractivity contribution in [1.29, 1.82) is 0 Å². The molecule has 0 saturated carbocycles. The number of carbonyl (C=O) groups is 1. The average molecular weight is 343 g/mol. The van der Waals surface area contributed by atoms with Gasteiger partial charge in [0.1, 0.15) is 0 Å². The highest BCUT2D eigenvalue weighted by atomic mass is 32.2. The average Bonchev–Trinajstić information content (AvgIpc) is 2.58. The maximum atomic E-state index is 12.1. The van der Waals surface area contributed by atoms with Crippen LogP contribution in [0.1, 0.15) is 36.2 Å². The van der Waals surface area contributed by atoms with Crippen LogP contribution in [0.2, 0.25) is 0 Å². The second-order valence-corrected chi connectivity index (χ2v) is 7.25. The molecule has 2 atom stereocenters. The normalized spacial score (nSPS) is 13.3. The third-order valence-electron chi connectivity index (χ3n) is 3.72. The highest BCUT2D eigenvalue weighted by molar-refractivity contribution is 7.98. The van der Waals surface area contributed by atoms with Crippen molar-refractivity contribution >= 4 is 17.7 Å². The van der Waals surface area contributed by atoms with Crippen molar-refractivity contribution in [3.63, 3.8) is 0 Å². The van der Waals surface area contributed by atoms with Crippen LogP contribution in [0, 0.1) is 5.92 Å². The molecule has 2 rings (SSSR count). The van der Waals surface area contributed by atoms with Crippen molar-refractivity contribution in [3.05, 3.63) is 65.7 Å². The Bertz CT molecular complexity index is 626. The molecule has 4 heteroatoms. The second kappa shape index (κ2) is 9.50. The molecular formula is C20H25NO2S. The van der Waals surface area contributed by atoms with Crippen LogP contribution >= 0.6 is 11.8 Å². The molecule has 0 aliphatic carbocycles. The summed E-state index contributed by atoms with van der Waals surface area (Å²) in [6.45, 7) is 4.37. The molecule has 2 aromatic rings. The van der Waals surface area contributed by atoms with Gasteiger partial charge in [-0.15, -0.1) is 11.8 Å². The van der Waals surface area contributed by atoms with E-state index in [4.69, 9.17) is 0 Å². The summed E-state index contributed by atoms with van der Waals surface area (Å²) in [6.07, 6.45) is 0.354. The predicted octanol–water partition coefficient (Wildman–Crippen LogP) is 4.12. The first-order valence-corrected chi connectivity index (χ1v) is 9.26. The summed E-state index contributed by atoms with van der Waals surface area (Å²) in [4.78, 5) is 13.3. The van der Waals surface area contributed by atoms with E-state index in [9.17, 15) is 9.90 Å². The lowest BCUT2D eigenvalue weighted by atomic mass is 10.0. The molecule has 0 bridgehead atoms. The van der Waals surface area contributed by atoms with Crippen LogP contribution in [0.4, 0.5) is 0 Å². The van der Waals surface area contributed by atoms with Gasteiger partial charge in [0.25, 0.3) is 5.91 Å². The minimum absolute atomic E-state index is 0.0629. The molecule has 0 heterocycles. The van der Waals surface area contributed by atoms with E-state index in [0.29, 0.717) is 18.5 Å². The van der Waals surface area contributed by atoms with Gasteiger partial charge in [0, 0.05) is 22.8 Å². The molecule has 0 aliphatic rings. The molecule has 0 spiro atoms.